The number of hydrogen-bond acceptors (Lipinski definition) is 4. The van der Waals surface area contributed by atoms with Gasteiger partial charge in [-0.3, -0.25) is 0 Å². The van der Waals surface area contributed by atoms with Gasteiger partial charge in [-0.15, -0.1) is 0 Å². The second-order valence-corrected chi connectivity index (χ2v) is 6.54. The molecular weight excluding hydrogens is 334 g/mol. The SMILES string of the molecule is COC1(CNC(C)c2cc3cc(Br)ccc3o2)CCOC1. The fraction of sp³-hybridized carbons (Fsp3) is 0.500. The van der Waals surface area contributed by atoms with Gasteiger partial charge in [0.05, 0.1) is 12.6 Å². The van der Waals surface area contributed by atoms with Crippen molar-refractivity contribution in [1.82, 2.24) is 5.32 Å². The van der Waals surface area contributed by atoms with Gasteiger partial charge in [0.2, 0.25) is 0 Å². The minimum absolute atomic E-state index is 0.129. The van der Waals surface area contributed by atoms with Crippen LogP contribution in [0.2, 0.25) is 0 Å². The van der Waals surface area contributed by atoms with Crippen LogP contribution in [-0.4, -0.2) is 32.5 Å². The van der Waals surface area contributed by atoms with Crippen molar-refractivity contribution in [2.75, 3.05) is 26.9 Å². The molecule has 1 fully saturated rings. The minimum Gasteiger partial charge on any atom is -0.459 e. The van der Waals surface area contributed by atoms with Crippen molar-refractivity contribution in [2.24, 2.45) is 0 Å². The van der Waals surface area contributed by atoms with E-state index in [4.69, 9.17) is 13.9 Å². The molecular formula is C16H20BrNO3. The van der Waals surface area contributed by atoms with Gasteiger partial charge >= 0.3 is 0 Å². The third kappa shape index (κ3) is 3.16. The van der Waals surface area contributed by atoms with E-state index in [-0.39, 0.29) is 11.6 Å². The van der Waals surface area contributed by atoms with Crippen LogP contribution in [0, 0.1) is 0 Å². The predicted molar refractivity (Wildman–Crippen MR) is 85.5 cm³/mol. The van der Waals surface area contributed by atoms with Crippen molar-refractivity contribution < 1.29 is 13.9 Å². The highest BCUT2D eigenvalue weighted by molar-refractivity contribution is 9.10. The summed E-state index contributed by atoms with van der Waals surface area (Å²) in [6.45, 7) is 4.27. The molecule has 3 rings (SSSR count). The zero-order valence-corrected chi connectivity index (χ0v) is 13.9. The molecule has 1 aromatic heterocycles. The second kappa shape index (κ2) is 6.08. The van der Waals surface area contributed by atoms with Crippen LogP contribution in [0.4, 0.5) is 0 Å². The minimum atomic E-state index is -0.205. The molecule has 0 radical (unpaired) electrons. The summed E-state index contributed by atoms with van der Waals surface area (Å²) in [4.78, 5) is 0. The highest BCUT2D eigenvalue weighted by Gasteiger charge is 2.35. The first-order valence-corrected chi connectivity index (χ1v) is 7.96. The maximum absolute atomic E-state index is 5.91. The van der Waals surface area contributed by atoms with Crippen molar-refractivity contribution in [1.29, 1.82) is 0 Å². The van der Waals surface area contributed by atoms with Crippen LogP contribution in [0.3, 0.4) is 0 Å². The quantitative estimate of drug-likeness (QED) is 0.890. The van der Waals surface area contributed by atoms with E-state index in [9.17, 15) is 0 Å². The number of rotatable bonds is 5. The van der Waals surface area contributed by atoms with Crippen LogP contribution in [0.5, 0.6) is 0 Å². The Morgan fingerprint density at radius 1 is 1.43 bits per heavy atom. The lowest BCUT2D eigenvalue weighted by molar-refractivity contribution is -0.0175. The lowest BCUT2D eigenvalue weighted by atomic mass is 10.0. The highest BCUT2D eigenvalue weighted by atomic mass is 79.9. The van der Waals surface area contributed by atoms with E-state index >= 15 is 0 Å². The van der Waals surface area contributed by atoms with Crippen molar-refractivity contribution in [2.45, 2.75) is 25.0 Å². The van der Waals surface area contributed by atoms with Crippen molar-refractivity contribution in [3.05, 3.63) is 34.5 Å². The smallest absolute Gasteiger partial charge is 0.134 e. The number of fused-ring (bicyclic) bond motifs is 1. The number of ether oxygens (including phenoxy) is 2. The summed E-state index contributed by atoms with van der Waals surface area (Å²) < 4.78 is 18.1. The molecule has 0 amide bonds. The Bertz CT molecular complexity index is 619. The molecule has 2 heterocycles. The molecule has 1 aromatic carbocycles. The second-order valence-electron chi connectivity index (χ2n) is 5.62. The van der Waals surface area contributed by atoms with E-state index in [1.165, 1.54) is 0 Å². The first kappa shape index (κ1) is 15.0. The van der Waals surface area contributed by atoms with E-state index < -0.39 is 0 Å². The van der Waals surface area contributed by atoms with Crippen molar-refractivity contribution in [3.8, 4) is 0 Å². The van der Waals surface area contributed by atoms with Gasteiger partial charge in [0.25, 0.3) is 0 Å². The molecule has 1 aliphatic heterocycles. The van der Waals surface area contributed by atoms with Gasteiger partial charge in [-0.25, -0.2) is 0 Å². The molecule has 0 aliphatic carbocycles. The number of hydrogen-bond donors (Lipinski definition) is 1. The summed E-state index contributed by atoms with van der Waals surface area (Å²) in [5, 5.41) is 4.61. The topological polar surface area (TPSA) is 43.6 Å². The predicted octanol–water partition coefficient (Wildman–Crippen LogP) is 3.65. The molecule has 1 saturated heterocycles. The van der Waals surface area contributed by atoms with Crippen molar-refractivity contribution >= 4 is 26.9 Å². The van der Waals surface area contributed by atoms with E-state index in [0.717, 1.165) is 40.8 Å². The molecule has 0 saturated carbocycles. The van der Waals surface area contributed by atoms with Gasteiger partial charge < -0.3 is 19.2 Å². The molecule has 21 heavy (non-hydrogen) atoms. The van der Waals surface area contributed by atoms with Crippen LogP contribution in [-0.2, 0) is 9.47 Å². The fourth-order valence-corrected chi connectivity index (χ4v) is 3.03. The third-order valence-electron chi connectivity index (χ3n) is 4.15. The first-order valence-electron chi connectivity index (χ1n) is 7.17. The van der Waals surface area contributed by atoms with Gasteiger partial charge in [-0.1, -0.05) is 15.9 Å². The summed E-state index contributed by atoms with van der Waals surface area (Å²) in [6.07, 6.45) is 0.927. The largest absolute Gasteiger partial charge is 0.459 e. The van der Waals surface area contributed by atoms with Crippen LogP contribution < -0.4 is 5.32 Å². The van der Waals surface area contributed by atoms with Crippen LogP contribution >= 0.6 is 15.9 Å². The van der Waals surface area contributed by atoms with E-state index in [1.54, 1.807) is 7.11 Å². The number of nitrogens with one attached hydrogen (secondary N) is 1. The Labute approximate surface area is 132 Å². The van der Waals surface area contributed by atoms with E-state index in [1.807, 2.05) is 12.1 Å². The third-order valence-corrected chi connectivity index (χ3v) is 4.65. The Hall–Kier alpha value is -0.880. The molecule has 2 atom stereocenters. The Morgan fingerprint density at radius 2 is 2.29 bits per heavy atom. The monoisotopic (exact) mass is 353 g/mol. The van der Waals surface area contributed by atoms with Crippen LogP contribution in [0.1, 0.15) is 25.1 Å². The maximum atomic E-state index is 5.91. The Kier molecular flexibility index (Phi) is 4.36. The average Bonchev–Trinajstić information content (AvgIpc) is 3.11. The van der Waals surface area contributed by atoms with E-state index in [2.05, 4.69) is 40.3 Å². The molecule has 1 aliphatic rings. The van der Waals surface area contributed by atoms with E-state index in [0.29, 0.717) is 6.61 Å². The molecule has 0 spiro atoms. The summed E-state index contributed by atoms with van der Waals surface area (Å²) >= 11 is 3.48. The molecule has 2 aromatic rings. The fourth-order valence-electron chi connectivity index (χ4n) is 2.65. The number of methoxy groups -OCH3 is 1. The normalized spacial score (nSPS) is 23.8. The van der Waals surface area contributed by atoms with Gasteiger partial charge in [0.1, 0.15) is 16.9 Å². The van der Waals surface area contributed by atoms with Crippen molar-refractivity contribution in [3.63, 3.8) is 0 Å². The summed E-state index contributed by atoms with van der Waals surface area (Å²) in [7, 11) is 1.75. The highest BCUT2D eigenvalue weighted by Crippen LogP contribution is 2.28. The molecule has 1 N–H and O–H groups in total. The number of benzene rings is 1. The molecule has 4 nitrogen and oxygen atoms in total. The first-order chi connectivity index (χ1) is 10.1. The van der Waals surface area contributed by atoms with Crippen LogP contribution in [0.25, 0.3) is 11.0 Å². The van der Waals surface area contributed by atoms with Gasteiger partial charge in [-0.05, 0) is 31.2 Å². The lowest BCUT2D eigenvalue weighted by Gasteiger charge is -2.27. The standard InChI is InChI=1S/C16H20BrNO3/c1-11(18-9-16(19-2)5-6-20-10-16)15-8-12-7-13(17)3-4-14(12)21-15/h3-4,7-8,11,18H,5-6,9-10H2,1-2H3. The Morgan fingerprint density at radius 3 is 3.00 bits per heavy atom. The lowest BCUT2D eigenvalue weighted by Crippen LogP contribution is -2.43. The molecule has 114 valence electrons. The molecule has 5 heteroatoms. The van der Waals surface area contributed by atoms with Gasteiger partial charge in [0, 0.05) is 36.5 Å². The van der Waals surface area contributed by atoms with Gasteiger partial charge in [-0.2, -0.15) is 0 Å². The maximum Gasteiger partial charge on any atom is 0.134 e. The zero-order valence-electron chi connectivity index (χ0n) is 12.3. The summed E-state index contributed by atoms with van der Waals surface area (Å²) in [5.41, 5.74) is 0.705. The average molecular weight is 354 g/mol. The number of halogens is 1. The molecule has 0 bridgehead atoms. The molecule has 2 unspecified atom stereocenters. The summed E-state index contributed by atoms with van der Waals surface area (Å²) in [5.74, 6) is 0.938. The Balaban J connectivity index is 1.70. The van der Waals surface area contributed by atoms with Crippen LogP contribution in [0.15, 0.2) is 33.2 Å². The summed E-state index contributed by atoms with van der Waals surface area (Å²) in [6, 6.07) is 8.25. The zero-order chi connectivity index (χ0) is 14.9. The van der Waals surface area contributed by atoms with Gasteiger partial charge in [0.15, 0.2) is 0 Å². The number of furan rings is 1.